The Morgan fingerprint density at radius 1 is 1.29 bits per heavy atom. The molecule has 0 spiro atoms. The molecule has 0 fully saturated rings. The minimum absolute atomic E-state index is 0.0219. The first-order valence-corrected chi connectivity index (χ1v) is 4.60. The van der Waals surface area contributed by atoms with Gasteiger partial charge in [0.25, 0.3) is 0 Å². The summed E-state index contributed by atoms with van der Waals surface area (Å²) in [5.41, 5.74) is 0.716. The normalized spacial score (nSPS) is 10.8. The molecule has 0 saturated heterocycles. The molecule has 0 radical (unpaired) electrons. The molecular weight excluding hydrogens is 185 g/mol. The van der Waals surface area contributed by atoms with Crippen molar-refractivity contribution >= 4 is 12.4 Å². The van der Waals surface area contributed by atoms with E-state index in [0.29, 0.717) is 5.56 Å². The Hall–Kier alpha value is -0.895. The average Bonchev–Trinajstić information content (AvgIpc) is 2.08. The standard InChI is InChI=1S/C10H13BF2O/c1-6(2)7-4-8(11(3)14)10(13)9(12)5-7/h4-6,14H,1-3H3. The summed E-state index contributed by atoms with van der Waals surface area (Å²) in [6, 6.07) is 2.68. The van der Waals surface area contributed by atoms with Crippen molar-refractivity contribution in [1.82, 2.24) is 0 Å². The topological polar surface area (TPSA) is 20.2 Å². The van der Waals surface area contributed by atoms with Gasteiger partial charge >= 0.3 is 6.92 Å². The van der Waals surface area contributed by atoms with Crippen LogP contribution in [0.4, 0.5) is 8.78 Å². The molecule has 0 saturated carbocycles. The van der Waals surface area contributed by atoms with E-state index < -0.39 is 18.6 Å². The van der Waals surface area contributed by atoms with E-state index in [-0.39, 0.29) is 11.4 Å². The summed E-state index contributed by atoms with van der Waals surface area (Å²) in [6.07, 6.45) is 0. The van der Waals surface area contributed by atoms with Crippen molar-refractivity contribution < 1.29 is 13.8 Å². The van der Waals surface area contributed by atoms with Crippen LogP contribution in [0.25, 0.3) is 0 Å². The third kappa shape index (κ3) is 2.12. The number of halogens is 2. The van der Waals surface area contributed by atoms with Crippen molar-refractivity contribution in [3.8, 4) is 0 Å². The number of hydrogen-bond donors (Lipinski definition) is 1. The molecule has 1 nitrogen and oxygen atoms in total. The summed E-state index contributed by atoms with van der Waals surface area (Å²) in [4.78, 5) is 0. The van der Waals surface area contributed by atoms with Crippen molar-refractivity contribution in [2.24, 2.45) is 0 Å². The van der Waals surface area contributed by atoms with Crippen LogP contribution >= 0.6 is 0 Å². The van der Waals surface area contributed by atoms with Gasteiger partial charge in [-0.25, -0.2) is 8.78 Å². The molecule has 4 heteroatoms. The zero-order valence-electron chi connectivity index (χ0n) is 8.51. The van der Waals surface area contributed by atoms with E-state index in [4.69, 9.17) is 0 Å². The van der Waals surface area contributed by atoms with Crippen molar-refractivity contribution in [1.29, 1.82) is 0 Å². The molecule has 0 aromatic heterocycles. The fourth-order valence-electron chi connectivity index (χ4n) is 1.27. The smallest absolute Gasteiger partial charge is 0.323 e. The molecule has 0 unspecified atom stereocenters. The minimum Gasteiger partial charge on any atom is -0.446 e. The summed E-state index contributed by atoms with van der Waals surface area (Å²) < 4.78 is 26.2. The molecular formula is C10H13BF2O. The predicted octanol–water partition coefficient (Wildman–Crippen LogP) is 1.91. The largest absolute Gasteiger partial charge is 0.446 e. The lowest BCUT2D eigenvalue weighted by Gasteiger charge is -2.10. The van der Waals surface area contributed by atoms with Crippen molar-refractivity contribution in [2.75, 3.05) is 0 Å². The van der Waals surface area contributed by atoms with E-state index in [1.165, 1.54) is 19.0 Å². The predicted molar refractivity (Wildman–Crippen MR) is 53.9 cm³/mol. The van der Waals surface area contributed by atoms with Crippen LogP contribution in [0.1, 0.15) is 25.3 Å². The number of hydrogen-bond acceptors (Lipinski definition) is 1. The molecule has 1 aromatic carbocycles. The second-order valence-corrected chi connectivity index (χ2v) is 3.74. The van der Waals surface area contributed by atoms with Crippen LogP contribution in [0.2, 0.25) is 6.82 Å². The maximum absolute atomic E-state index is 13.2. The fraction of sp³-hybridized carbons (Fsp3) is 0.400. The quantitative estimate of drug-likeness (QED) is 0.719. The van der Waals surface area contributed by atoms with E-state index in [0.717, 1.165) is 0 Å². The van der Waals surface area contributed by atoms with Gasteiger partial charge in [0.1, 0.15) is 0 Å². The Morgan fingerprint density at radius 2 is 1.86 bits per heavy atom. The Kier molecular flexibility index (Phi) is 3.27. The summed E-state index contributed by atoms with van der Waals surface area (Å²) in [6.45, 7) is 4.21. The molecule has 0 aliphatic rings. The maximum atomic E-state index is 13.2. The van der Waals surface area contributed by atoms with E-state index in [1.807, 2.05) is 13.8 Å². The zero-order chi connectivity index (χ0) is 10.9. The molecule has 76 valence electrons. The van der Waals surface area contributed by atoms with E-state index in [9.17, 15) is 13.8 Å². The van der Waals surface area contributed by atoms with Crippen LogP contribution in [-0.4, -0.2) is 11.9 Å². The van der Waals surface area contributed by atoms with Gasteiger partial charge in [-0.2, -0.15) is 0 Å². The Balaban J connectivity index is 3.28. The molecule has 0 amide bonds. The molecule has 0 heterocycles. The van der Waals surface area contributed by atoms with Crippen LogP contribution in [0.5, 0.6) is 0 Å². The monoisotopic (exact) mass is 198 g/mol. The molecule has 0 atom stereocenters. The van der Waals surface area contributed by atoms with Crippen LogP contribution in [0, 0.1) is 11.6 Å². The van der Waals surface area contributed by atoms with Crippen LogP contribution in [0.3, 0.4) is 0 Å². The summed E-state index contributed by atoms with van der Waals surface area (Å²) in [7, 11) is 0. The SMILES string of the molecule is CB(O)c1cc(C(C)C)cc(F)c1F. The highest BCUT2D eigenvalue weighted by atomic mass is 19.2. The van der Waals surface area contributed by atoms with Gasteiger partial charge < -0.3 is 5.02 Å². The first kappa shape index (κ1) is 11.2. The second-order valence-electron chi connectivity index (χ2n) is 3.74. The molecule has 1 aromatic rings. The lowest BCUT2D eigenvalue weighted by Crippen LogP contribution is -2.31. The first-order chi connectivity index (χ1) is 6.43. The molecule has 1 rings (SSSR count). The summed E-state index contributed by atoms with van der Waals surface area (Å²) in [5, 5.41) is 9.23. The molecule has 0 bridgehead atoms. The third-order valence-corrected chi connectivity index (χ3v) is 2.20. The first-order valence-electron chi connectivity index (χ1n) is 4.60. The third-order valence-electron chi connectivity index (χ3n) is 2.20. The average molecular weight is 198 g/mol. The molecule has 14 heavy (non-hydrogen) atoms. The number of benzene rings is 1. The number of rotatable bonds is 2. The van der Waals surface area contributed by atoms with E-state index >= 15 is 0 Å². The fourth-order valence-corrected chi connectivity index (χ4v) is 1.27. The van der Waals surface area contributed by atoms with Crippen LogP contribution in [-0.2, 0) is 0 Å². The minimum atomic E-state index is -0.983. The van der Waals surface area contributed by atoms with Gasteiger partial charge in [0.15, 0.2) is 11.6 Å². The van der Waals surface area contributed by atoms with Gasteiger partial charge in [-0.3, -0.25) is 0 Å². The zero-order valence-corrected chi connectivity index (χ0v) is 8.51. The molecule has 0 aliphatic heterocycles. The van der Waals surface area contributed by atoms with E-state index in [2.05, 4.69) is 0 Å². The van der Waals surface area contributed by atoms with Gasteiger partial charge in [-0.1, -0.05) is 26.7 Å². The Labute approximate surface area is 82.9 Å². The molecule has 1 N–H and O–H groups in total. The Morgan fingerprint density at radius 3 is 2.29 bits per heavy atom. The van der Waals surface area contributed by atoms with E-state index in [1.54, 1.807) is 0 Å². The van der Waals surface area contributed by atoms with Gasteiger partial charge in [0, 0.05) is 0 Å². The van der Waals surface area contributed by atoms with Crippen molar-refractivity contribution in [3.63, 3.8) is 0 Å². The van der Waals surface area contributed by atoms with Gasteiger partial charge in [0.05, 0.1) is 0 Å². The highest BCUT2D eigenvalue weighted by molar-refractivity contribution is 6.64. The van der Waals surface area contributed by atoms with Gasteiger partial charge in [-0.05, 0) is 23.0 Å². The maximum Gasteiger partial charge on any atom is 0.323 e. The van der Waals surface area contributed by atoms with Crippen molar-refractivity contribution in [3.05, 3.63) is 29.3 Å². The van der Waals surface area contributed by atoms with Gasteiger partial charge in [-0.15, -0.1) is 0 Å². The highest BCUT2D eigenvalue weighted by Crippen LogP contribution is 2.16. The Bertz CT molecular complexity index is 337. The second kappa shape index (κ2) is 4.09. The highest BCUT2D eigenvalue weighted by Gasteiger charge is 2.18. The van der Waals surface area contributed by atoms with Gasteiger partial charge in [0.2, 0.25) is 0 Å². The van der Waals surface area contributed by atoms with Crippen molar-refractivity contribution in [2.45, 2.75) is 26.6 Å². The summed E-state index contributed by atoms with van der Waals surface area (Å²) >= 11 is 0. The van der Waals surface area contributed by atoms with Crippen LogP contribution in [0.15, 0.2) is 12.1 Å². The molecule has 0 aliphatic carbocycles. The van der Waals surface area contributed by atoms with Crippen LogP contribution < -0.4 is 5.46 Å². The lowest BCUT2D eigenvalue weighted by atomic mass is 9.63. The summed E-state index contributed by atoms with van der Waals surface area (Å²) in [5.74, 6) is -1.74. The lowest BCUT2D eigenvalue weighted by molar-refractivity contribution is 0.507.